The molecule has 1 atom stereocenters. The Morgan fingerprint density at radius 2 is 2.30 bits per heavy atom. The standard InChI is InChI=1S/C16H21N3O4/c1-16(2)8-10-4-3-5-12(13(10)23-16)22-7-6-17-14(20)11-9-18-15(21)19-11/h3-5,11H,6-9H2,1-2H3,(H,17,20)(H2,18,19,21). The van der Waals surface area contributed by atoms with Gasteiger partial charge in [0.05, 0.1) is 6.54 Å². The van der Waals surface area contributed by atoms with E-state index in [0.717, 1.165) is 17.7 Å². The zero-order valence-electron chi connectivity index (χ0n) is 13.3. The average Bonchev–Trinajstić information content (AvgIpc) is 3.05. The SMILES string of the molecule is CC1(C)Cc2cccc(OCCNC(=O)C3CNC(=O)N3)c2O1. The first kappa shape index (κ1) is 15.5. The van der Waals surface area contributed by atoms with Crippen LogP contribution in [-0.4, -0.2) is 43.3 Å². The lowest BCUT2D eigenvalue weighted by Gasteiger charge is -2.18. The Morgan fingerprint density at radius 1 is 1.48 bits per heavy atom. The van der Waals surface area contributed by atoms with E-state index in [1.165, 1.54) is 0 Å². The van der Waals surface area contributed by atoms with Gasteiger partial charge in [0.2, 0.25) is 5.91 Å². The number of para-hydroxylation sites is 1. The number of ether oxygens (including phenoxy) is 2. The molecule has 1 saturated heterocycles. The summed E-state index contributed by atoms with van der Waals surface area (Å²) >= 11 is 0. The molecule has 1 fully saturated rings. The van der Waals surface area contributed by atoms with Crippen LogP contribution in [-0.2, 0) is 11.2 Å². The van der Waals surface area contributed by atoms with E-state index in [1.54, 1.807) is 0 Å². The van der Waals surface area contributed by atoms with Crippen molar-refractivity contribution in [3.05, 3.63) is 23.8 Å². The third-order valence-corrected chi connectivity index (χ3v) is 3.80. The van der Waals surface area contributed by atoms with Crippen LogP contribution >= 0.6 is 0 Å². The van der Waals surface area contributed by atoms with Crippen molar-refractivity contribution in [2.24, 2.45) is 0 Å². The number of carbonyl (C=O) groups is 2. The molecule has 1 unspecified atom stereocenters. The van der Waals surface area contributed by atoms with Crippen LogP contribution in [0, 0.1) is 0 Å². The summed E-state index contributed by atoms with van der Waals surface area (Å²) in [7, 11) is 0. The number of hydrogen-bond acceptors (Lipinski definition) is 4. The predicted octanol–water partition coefficient (Wildman–Crippen LogP) is 0.577. The Bertz CT molecular complexity index is 630. The number of amides is 3. The number of fused-ring (bicyclic) bond motifs is 1. The summed E-state index contributed by atoms with van der Waals surface area (Å²) in [5, 5.41) is 7.82. The van der Waals surface area contributed by atoms with Gasteiger partial charge in [-0.1, -0.05) is 12.1 Å². The summed E-state index contributed by atoms with van der Waals surface area (Å²) in [6.45, 7) is 5.08. The molecule has 0 radical (unpaired) electrons. The predicted molar refractivity (Wildman–Crippen MR) is 83.7 cm³/mol. The van der Waals surface area contributed by atoms with Crippen LogP contribution in [0.2, 0.25) is 0 Å². The normalized spacial score (nSPS) is 21.0. The topological polar surface area (TPSA) is 88.7 Å². The minimum absolute atomic E-state index is 0.219. The van der Waals surface area contributed by atoms with Gasteiger partial charge in [0, 0.05) is 18.5 Å². The minimum Gasteiger partial charge on any atom is -0.488 e. The molecule has 3 N–H and O–H groups in total. The van der Waals surface area contributed by atoms with Crippen molar-refractivity contribution in [2.45, 2.75) is 31.9 Å². The number of hydrogen-bond donors (Lipinski definition) is 3. The van der Waals surface area contributed by atoms with Gasteiger partial charge in [-0.2, -0.15) is 0 Å². The number of carbonyl (C=O) groups excluding carboxylic acids is 2. The molecular weight excluding hydrogens is 298 g/mol. The maximum Gasteiger partial charge on any atom is 0.315 e. The molecule has 0 saturated carbocycles. The van der Waals surface area contributed by atoms with Crippen molar-refractivity contribution in [1.29, 1.82) is 0 Å². The molecular formula is C16H21N3O4. The molecule has 23 heavy (non-hydrogen) atoms. The summed E-state index contributed by atoms with van der Waals surface area (Å²) in [5.41, 5.74) is 0.917. The highest BCUT2D eigenvalue weighted by Gasteiger charge is 2.32. The van der Waals surface area contributed by atoms with E-state index >= 15 is 0 Å². The lowest BCUT2D eigenvalue weighted by atomic mass is 10.0. The van der Waals surface area contributed by atoms with Gasteiger partial charge in [0.15, 0.2) is 11.5 Å². The van der Waals surface area contributed by atoms with Crippen LogP contribution in [0.25, 0.3) is 0 Å². The first-order chi connectivity index (χ1) is 10.9. The Labute approximate surface area is 134 Å². The van der Waals surface area contributed by atoms with E-state index in [2.05, 4.69) is 16.0 Å². The maximum absolute atomic E-state index is 11.8. The molecule has 7 heteroatoms. The molecule has 2 aliphatic rings. The lowest BCUT2D eigenvalue weighted by Crippen LogP contribution is -2.44. The van der Waals surface area contributed by atoms with Crippen molar-refractivity contribution >= 4 is 11.9 Å². The number of urea groups is 1. The van der Waals surface area contributed by atoms with E-state index in [9.17, 15) is 9.59 Å². The second-order valence-electron chi connectivity index (χ2n) is 6.33. The average molecular weight is 319 g/mol. The monoisotopic (exact) mass is 319 g/mol. The van der Waals surface area contributed by atoms with Crippen molar-refractivity contribution in [2.75, 3.05) is 19.7 Å². The van der Waals surface area contributed by atoms with Crippen LogP contribution in [0.15, 0.2) is 18.2 Å². The summed E-state index contributed by atoms with van der Waals surface area (Å²) in [4.78, 5) is 22.8. The van der Waals surface area contributed by atoms with Crippen molar-refractivity contribution < 1.29 is 19.1 Å². The van der Waals surface area contributed by atoms with Crippen LogP contribution in [0.3, 0.4) is 0 Å². The molecule has 3 amide bonds. The van der Waals surface area contributed by atoms with Crippen molar-refractivity contribution in [3.8, 4) is 11.5 Å². The quantitative estimate of drug-likeness (QED) is 0.693. The van der Waals surface area contributed by atoms with E-state index < -0.39 is 6.04 Å². The molecule has 0 aliphatic carbocycles. The fraction of sp³-hybridized carbons (Fsp3) is 0.500. The van der Waals surface area contributed by atoms with Crippen LogP contribution < -0.4 is 25.4 Å². The van der Waals surface area contributed by atoms with Crippen LogP contribution in [0.1, 0.15) is 19.4 Å². The van der Waals surface area contributed by atoms with E-state index in [-0.39, 0.29) is 17.5 Å². The lowest BCUT2D eigenvalue weighted by molar-refractivity contribution is -0.122. The zero-order valence-corrected chi connectivity index (χ0v) is 13.3. The highest BCUT2D eigenvalue weighted by atomic mass is 16.5. The van der Waals surface area contributed by atoms with Crippen LogP contribution in [0.4, 0.5) is 4.79 Å². The fourth-order valence-electron chi connectivity index (χ4n) is 2.77. The Morgan fingerprint density at radius 3 is 3.04 bits per heavy atom. The summed E-state index contributed by atoms with van der Waals surface area (Å²) < 4.78 is 11.7. The zero-order chi connectivity index (χ0) is 16.4. The van der Waals surface area contributed by atoms with Gasteiger partial charge in [-0.15, -0.1) is 0 Å². The Balaban J connectivity index is 1.48. The molecule has 2 heterocycles. The molecule has 124 valence electrons. The second-order valence-corrected chi connectivity index (χ2v) is 6.33. The maximum atomic E-state index is 11.8. The van der Waals surface area contributed by atoms with Crippen LogP contribution in [0.5, 0.6) is 11.5 Å². The third kappa shape index (κ3) is 3.49. The fourth-order valence-corrected chi connectivity index (χ4v) is 2.77. The first-order valence-corrected chi connectivity index (χ1v) is 7.70. The van der Waals surface area contributed by atoms with Gasteiger partial charge in [-0.3, -0.25) is 4.79 Å². The molecule has 2 aliphatic heterocycles. The molecule has 7 nitrogen and oxygen atoms in total. The Hall–Kier alpha value is -2.44. The van der Waals surface area contributed by atoms with E-state index in [0.29, 0.717) is 25.4 Å². The third-order valence-electron chi connectivity index (χ3n) is 3.80. The van der Waals surface area contributed by atoms with Gasteiger partial charge in [-0.05, 0) is 19.9 Å². The van der Waals surface area contributed by atoms with Gasteiger partial charge in [-0.25, -0.2) is 4.79 Å². The van der Waals surface area contributed by atoms with Crippen molar-refractivity contribution in [1.82, 2.24) is 16.0 Å². The molecule has 0 spiro atoms. The van der Waals surface area contributed by atoms with Gasteiger partial charge >= 0.3 is 6.03 Å². The molecule has 0 bridgehead atoms. The minimum atomic E-state index is -0.521. The molecule has 1 aromatic rings. The molecule has 0 aromatic heterocycles. The smallest absolute Gasteiger partial charge is 0.315 e. The number of nitrogens with one attached hydrogen (secondary N) is 3. The number of rotatable bonds is 5. The number of benzene rings is 1. The van der Waals surface area contributed by atoms with E-state index in [4.69, 9.17) is 9.47 Å². The summed E-state index contributed by atoms with van der Waals surface area (Å²) in [5.74, 6) is 1.26. The second kappa shape index (κ2) is 5.98. The Kier molecular flexibility index (Phi) is 4.02. The van der Waals surface area contributed by atoms with E-state index in [1.807, 2.05) is 32.0 Å². The van der Waals surface area contributed by atoms with Gasteiger partial charge in [0.25, 0.3) is 0 Å². The molecule has 1 aromatic carbocycles. The largest absolute Gasteiger partial charge is 0.488 e. The van der Waals surface area contributed by atoms with Crippen molar-refractivity contribution in [3.63, 3.8) is 0 Å². The summed E-state index contributed by atoms with van der Waals surface area (Å²) in [6, 6.07) is 5.00. The van der Waals surface area contributed by atoms with Gasteiger partial charge < -0.3 is 25.4 Å². The summed E-state index contributed by atoms with van der Waals surface area (Å²) in [6.07, 6.45) is 0.852. The first-order valence-electron chi connectivity index (χ1n) is 7.70. The van der Waals surface area contributed by atoms with Gasteiger partial charge in [0.1, 0.15) is 18.2 Å². The highest BCUT2D eigenvalue weighted by Crippen LogP contribution is 2.41. The highest BCUT2D eigenvalue weighted by molar-refractivity contribution is 5.90. The molecule has 3 rings (SSSR count).